The van der Waals surface area contributed by atoms with Gasteiger partial charge in [0.05, 0.1) is 11.2 Å². The van der Waals surface area contributed by atoms with E-state index in [2.05, 4.69) is 34.6 Å². The Morgan fingerprint density at radius 1 is 1.00 bits per heavy atom. The lowest BCUT2D eigenvalue weighted by Crippen LogP contribution is -2.49. The number of hydrogen-bond acceptors (Lipinski definition) is 3. The van der Waals surface area contributed by atoms with Crippen LogP contribution in [-0.2, 0) is 9.31 Å². The molecule has 0 unspecified atom stereocenters. The van der Waals surface area contributed by atoms with Crippen LogP contribution in [0.15, 0.2) is 0 Å². The van der Waals surface area contributed by atoms with Gasteiger partial charge < -0.3 is 15.0 Å². The third kappa shape index (κ3) is 1.63. The molecular weight excluding hydrogens is 189 g/mol. The SMILES string of the molecule is CC1(B2OC(C)(C)C(C)(C)O2)CC(N)C1. The van der Waals surface area contributed by atoms with Crippen LogP contribution in [0.1, 0.15) is 47.5 Å². The number of hydrogen-bond donors (Lipinski definition) is 1. The predicted octanol–water partition coefficient (Wildman–Crippen LogP) is 1.96. The molecule has 0 aromatic rings. The normalized spacial score (nSPS) is 42.8. The van der Waals surface area contributed by atoms with Crippen LogP contribution in [0.5, 0.6) is 0 Å². The zero-order valence-corrected chi connectivity index (χ0v) is 10.5. The molecule has 0 amide bonds. The molecule has 1 aliphatic carbocycles. The Labute approximate surface area is 92.8 Å². The van der Waals surface area contributed by atoms with Gasteiger partial charge in [-0.25, -0.2) is 0 Å². The van der Waals surface area contributed by atoms with Crippen LogP contribution in [-0.4, -0.2) is 24.4 Å². The van der Waals surface area contributed by atoms with Crippen LogP contribution in [0, 0.1) is 0 Å². The third-order valence-electron chi connectivity index (χ3n) is 4.28. The lowest BCUT2D eigenvalue weighted by atomic mass is 9.46. The zero-order chi connectivity index (χ0) is 11.5. The van der Waals surface area contributed by atoms with Gasteiger partial charge in [0.15, 0.2) is 0 Å². The average Bonchev–Trinajstić information content (AvgIpc) is 2.19. The van der Waals surface area contributed by atoms with Crippen LogP contribution in [0.3, 0.4) is 0 Å². The lowest BCUT2D eigenvalue weighted by Gasteiger charge is -2.44. The summed E-state index contributed by atoms with van der Waals surface area (Å²) in [4.78, 5) is 0. The van der Waals surface area contributed by atoms with E-state index in [4.69, 9.17) is 15.0 Å². The minimum absolute atomic E-state index is 0.0951. The summed E-state index contributed by atoms with van der Waals surface area (Å²) in [6.45, 7) is 10.6. The monoisotopic (exact) mass is 211 g/mol. The van der Waals surface area contributed by atoms with Crippen LogP contribution >= 0.6 is 0 Å². The maximum absolute atomic E-state index is 6.04. The molecule has 2 fully saturated rings. The molecule has 0 atom stereocenters. The minimum Gasteiger partial charge on any atom is -0.403 e. The second-order valence-corrected chi connectivity index (χ2v) is 6.41. The van der Waals surface area contributed by atoms with E-state index in [0.717, 1.165) is 12.8 Å². The molecule has 0 radical (unpaired) electrons. The first kappa shape index (κ1) is 11.4. The van der Waals surface area contributed by atoms with Crippen molar-refractivity contribution < 1.29 is 9.31 Å². The summed E-state index contributed by atoms with van der Waals surface area (Å²) < 4.78 is 12.1. The van der Waals surface area contributed by atoms with Gasteiger partial charge in [-0.05, 0) is 40.5 Å². The van der Waals surface area contributed by atoms with E-state index in [0.29, 0.717) is 6.04 Å². The Bertz CT molecular complexity index is 256. The first-order valence-electron chi connectivity index (χ1n) is 5.78. The highest BCUT2D eigenvalue weighted by Crippen LogP contribution is 2.54. The fourth-order valence-corrected chi connectivity index (χ4v) is 2.46. The highest BCUT2D eigenvalue weighted by atomic mass is 16.7. The van der Waals surface area contributed by atoms with Crippen LogP contribution in [0.2, 0.25) is 5.31 Å². The van der Waals surface area contributed by atoms with Gasteiger partial charge in [0.25, 0.3) is 0 Å². The van der Waals surface area contributed by atoms with Crippen molar-refractivity contribution in [3.05, 3.63) is 0 Å². The van der Waals surface area contributed by atoms with Gasteiger partial charge in [-0.3, -0.25) is 0 Å². The summed E-state index contributed by atoms with van der Waals surface area (Å²) in [5.41, 5.74) is 5.40. The van der Waals surface area contributed by atoms with E-state index in [1.807, 2.05) is 0 Å². The van der Waals surface area contributed by atoms with E-state index >= 15 is 0 Å². The molecule has 3 nitrogen and oxygen atoms in total. The Morgan fingerprint density at radius 3 is 1.73 bits per heavy atom. The van der Waals surface area contributed by atoms with Gasteiger partial charge >= 0.3 is 7.12 Å². The molecule has 0 aromatic heterocycles. The van der Waals surface area contributed by atoms with Crippen molar-refractivity contribution >= 4 is 7.12 Å². The third-order valence-corrected chi connectivity index (χ3v) is 4.28. The first-order chi connectivity index (χ1) is 6.66. The topological polar surface area (TPSA) is 44.5 Å². The largest absolute Gasteiger partial charge is 0.464 e. The molecule has 0 aromatic carbocycles. The summed E-state index contributed by atoms with van der Waals surface area (Å²) in [7, 11) is -0.0951. The van der Waals surface area contributed by atoms with E-state index in [-0.39, 0.29) is 23.6 Å². The second-order valence-electron chi connectivity index (χ2n) is 6.41. The lowest BCUT2D eigenvalue weighted by molar-refractivity contribution is 0.00578. The van der Waals surface area contributed by atoms with Crippen molar-refractivity contribution in [1.82, 2.24) is 0 Å². The number of rotatable bonds is 1. The molecule has 2 aliphatic rings. The Hall–Kier alpha value is -0.0551. The van der Waals surface area contributed by atoms with Crippen molar-refractivity contribution in [3.8, 4) is 0 Å². The summed E-state index contributed by atoms with van der Waals surface area (Å²) >= 11 is 0. The predicted molar refractivity (Wildman–Crippen MR) is 61.7 cm³/mol. The molecule has 2 N–H and O–H groups in total. The minimum atomic E-state index is -0.222. The van der Waals surface area contributed by atoms with Gasteiger partial charge in [-0.1, -0.05) is 6.92 Å². The fraction of sp³-hybridized carbons (Fsp3) is 1.00. The molecule has 0 bridgehead atoms. The summed E-state index contributed by atoms with van der Waals surface area (Å²) in [6.07, 6.45) is 2.01. The highest BCUT2D eigenvalue weighted by molar-refractivity contribution is 6.50. The fourth-order valence-electron chi connectivity index (χ4n) is 2.46. The molecule has 15 heavy (non-hydrogen) atoms. The van der Waals surface area contributed by atoms with Crippen LogP contribution < -0.4 is 5.73 Å². The molecular formula is C11H22BNO2. The highest BCUT2D eigenvalue weighted by Gasteiger charge is 2.60. The summed E-state index contributed by atoms with van der Waals surface area (Å²) in [5, 5.41) is 0.116. The molecule has 1 saturated heterocycles. The molecule has 4 heteroatoms. The van der Waals surface area contributed by atoms with Gasteiger partial charge in [0, 0.05) is 11.4 Å². The second kappa shape index (κ2) is 2.99. The molecule has 1 aliphatic heterocycles. The Kier molecular flexibility index (Phi) is 2.28. The van der Waals surface area contributed by atoms with Gasteiger partial charge in [0.2, 0.25) is 0 Å². The Morgan fingerprint density at radius 2 is 1.40 bits per heavy atom. The van der Waals surface area contributed by atoms with Crippen molar-refractivity contribution in [1.29, 1.82) is 0 Å². The van der Waals surface area contributed by atoms with Gasteiger partial charge in [-0.2, -0.15) is 0 Å². The molecule has 1 saturated carbocycles. The molecule has 0 spiro atoms. The smallest absolute Gasteiger partial charge is 0.403 e. The molecule has 2 rings (SSSR count). The van der Waals surface area contributed by atoms with Gasteiger partial charge in [-0.15, -0.1) is 0 Å². The van der Waals surface area contributed by atoms with E-state index in [1.165, 1.54) is 0 Å². The van der Waals surface area contributed by atoms with E-state index in [1.54, 1.807) is 0 Å². The van der Waals surface area contributed by atoms with Crippen molar-refractivity contribution in [2.75, 3.05) is 0 Å². The van der Waals surface area contributed by atoms with Crippen LogP contribution in [0.25, 0.3) is 0 Å². The van der Waals surface area contributed by atoms with Gasteiger partial charge in [0.1, 0.15) is 0 Å². The Balaban J connectivity index is 2.10. The maximum Gasteiger partial charge on any atom is 0.464 e. The summed E-state index contributed by atoms with van der Waals surface area (Å²) in [6, 6.07) is 0.328. The maximum atomic E-state index is 6.04. The average molecular weight is 211 g/mol. The van der Waals surface area contributed by atoms with Crippen molar-refractivity contribution in [3.63, 3.8) is 0 Å². The van der Waals surface area contributed by atoms with E-state index < -0.39 is 0 Å². The zero-order valence-electron chi connectivity index (χ0n) is 10.5. The van der Waals surface area contributed by atoms with Crippen molar-refractivity contribution in [2.45, 2.75) is 70.0 Å². The molecule has 1 heterocycles. The standard InChI is InChI=1S/C11H22BNO2/c1-9(2)10(3,4)15-12(14-9)11(5)6-8(13)7-11/h8H,6-7,13H2,1-5H3. The quantitative estimate of drug-likeness (QED) is 0.674. The summed E-state index contributed by atoms with van der Waals surface area (Å²) in [5.74, 6) is 0. The van der Waals surface area contributed by atoms with E-state index in [9.17, 15) is 0 Å². The van der Waals surface area contributed by atoms with Crippen LogP contribution in [0.4, 0.5) is 0 Å². The van der Waals surface area contributed by atoms with Crippen molar-refractivity contribution in [2.24, 2.45) is 5.73 Å². The first-order valence-corrected chi connectivity index (χ1v) is 5.78. The molecule has 86 valence electrons. The number of nitrogens with two attached hydrogens (primary N) is 1.